The Kier molecular flexibility index (Phi) is 6.31. The van der Waals surface area contributed by atoms with Crippen molar-refractivity contribution in [3.8, 4) is 5.75 Å². The largest absolute Gasteiger partial charge is 0.490 e. The molecule has 3 heteroatoms. The zero-order valence-electron chi connectivity index (χ0n) is 16.4. The van der Waals surface area contributed by atoms with Crippen LogP contribution >= 0.6 is 0 Å². The molecule has 1 aliphatic carbocycles. The van der Waals surface area contributed by atoms with Crippen LogP contribution in [0.25, 0.3) is 0 Å². The second kappa shape index (κ2) is 9.27. The van der Waals surface area contributed by atoms with E-state index in [0.29, 0.717) is 6.10 Å². The Morgan fingerprint density at radius 1 is 0.815 bits per heavy atom. The second-order valence-corrected chi connectivity index (χ2v) is 7.94. The predicted molar refractivity (Wildman–Crippen MR) is 113 cm³/mol. The summed E-state index contributed by atoms with van der Waals surface area (Å²) in [6, 6.07) is 19.6. The van der Waals surface area contributed by atoms with Gasteiger partial charge in [-0.2, -0.15) is 0 Å². The third kappa shape index (κ3) is 5.26. The van der Waals surface area contributed by atoms with Gasteiger partial charge in [-0.05, 0) is 74.9 Å². The molecule has 2 aromatic carbocycles. The minimum absolute atomic E-state index is 0.440. The predicted octanol–water partition coefficient (Wildman–Crippen LogP) is 4.76. The molecule has 0 amide bonds. The lowest BCUT2D eigenvalue weighted by Crippen LogP contribution is -2.46. The third-order valence-corrected chi connectivity index (χ3v) is 5.96. The van der Waals surface area contributed by atoms with E-state index in [0.717, 1.165) is 31.9 Å². The smallest absolute Gasteiger partial charge is 0.119 e. The molecule has 2 aromatic rings. The number of nitrogens with zero attached hydrogens (tertiary/aromatic N) is 2. The first-order chi connectivity index (χ1) is 13.4. The van der Waals surface area contributed by atoms with Gasteiger partial charge < -0.3 is 9.64 Å². The van der Waals surface area contributed by atoms with Crippen molar-refractivity contribution in [1.82, 2.24) is 4.90 Å². The summed E-state index contributed by atoms with van der Waals surface area (Å²) in [5.74, 6) is 1.03. The highest BCUT2D eigenvalue weighted by atomic mass is 16.5. The molecule has 4 rings (SSSR count). The summed E-state index contributed by atoms with van der Waals surface area (Å²) in [5, 5.41) is 0. The van der Waals surface area contributed by atoms with Gasteiger partial charge in [-0.15, -0.1) is 0 Å². The number of aryl methyl sites for hydroxylation is 1. The molecule has 1 saturated carbocycles. The summed E-state index contributed by atoms with van der Waals surface area (Å²) < 4.78 is 6.09. The molecule has 2 fully saturated rings. The van der Waals surface area contributed by atoms with Crippen LogP contribution in [-0.2, 0) is 6.42 Å². The number of hydrogen-bond donors (Lipinski definition) is 0. The molecule has 0 N–H and O–H groups in total. The maximum Gasteiger partial charge on any atom is 0.119 e. The third-order valence-electron chi connectivity index (χ3n) is 5.96. The number of piperazine rings is 1. The van der Waals surface area contributed by atoms with E-state index in [4.69, 9.17) is 4.74 Å². The van der Waals surface area contributed by atoms with Gasteiger partial charge in [-0.1, -0.05) is 30.3 Å². The van der Waals surface area contributed by atoms with E-state index in [-0.39, 0.29) is 0 Å². The molecule has 0 bridgehead atoms. The van der Waals surface area contributed by atoms with Gasteiger partial charge in [-0.3, -0.25) is 4.90 Å². The SMILES string of the molecule is c1ccc(CCCN2CCN(c3ccc(OC4CCCC4)cc3)CC2)cc1. The van der Waals surface area contributed by atoms with Crippen molar-refractivity contribution in [2.75, 3.05) is 37.6 Å². The molecule has 1 heterocycles. The fourth-order valence-electron chi connectivity index (χ4n) is 4.32. The number of ether oxygens (including phenoxy) is 1. The first kappa shape index (κ1) is 18.4. The first-order valence-corrected chi connectivity index (χ1v) is 10.6. The quantitative estimate of drug-likeness (QED) is 0.704. The average Bonchev–Trinajstić information content (AvgIpc) is 3.23. The first-order valence-electron chi connectivity index (χ1n) is 10.6. The Labute approximate surface area is 163 Å². The molecule has 27 heavy (non-hydrogen) atoms. The molecular formula is C24H32N2O. The normalized spacial score (nSPS) is 18.7. The van der Waals surface area contributed by atoms with Crippen LogP contribution in [0.1, 0.15) is 37.7 Å². The Hall–Kier alpha value is -2.00. The van der Waals surface area contributed by atoms with Gasteiger partial charge in [0.05, 0.1) is 6.10 Å². The molecule has 1 saturated heterocycles. The number of rotatable bonds is 7. The van der Waals surface area contributed by atoms with Crippen LogP contribution in [0.15, 0.2) is 54.6 Å². The van der Waals surface area contributed by atoms with Crippen molar-refractivity contribution >= 4 is 5.69 Å². The van der Waals surface area contributed by atoms with Gasteiger partial charge in [0.2, 0.25) is 0 Å². The van der Waals surface area contributed by atoms with Crippen molar-refractivity contribution in [2.45, 2.75) is 44.6 Å². The van der Waals surface area contributed by atoms with Gasteiger partial charge in [0.25, 0.3) is 0 Å². The van der Waals surface area contributed by atoms with Crippen molar-refractivity contribution in [1.29, 1.82) is 0 Å². The lowest BCUT2D eigenvalue weighted by atomic mass is 10.1. The van der Waals surface area contributed by atoms with Crippen LogP contribution in [0.3, 0.4) is 0 Å². The molecule has 144 valence electrons. The van der Waals surface area contributed by atoms with Crippen LogP contribution in [0, 0.1) is 0 Å². The van der Waals surface area contributed by atoms with Crippen LogP contribution in [0.4, 0.5) is 5.69 Å². The van der Waals surface area contributed by atoms with Crippen LogP contribution in [0.2, 0.25) is 0 Å². The highest BCUT2D eigenvalue weighted by molar-refractivity contribution is 5.49. The van der Waals surface area contributed by atoms with Gasteiger partial charge in [0, 0.05) is 31.9 Å². The van der Waals surface area contributed by atoms with Crippen molar-refractivity contribution in [3.05, 3.63) is 60.2 Å². The Balaban J connectivity index is 1.19. The second-order valence-electron chi connectivity index (χ2n) is 7.94. The van der Waals surface area contributed by atoms with E-state index in [2.05, 4.69) is 64.4 Å². The monoisotopic (exact) mass is 364 g/mol. The van der Waals surface area contributed by atoms with Crippen LogP contribution in [-0.4, -0.2) is 43.7 Å². The lowest BCUT2D eigenvalue weighted by Gasteiger charge is -2.36. The summed E-state index contributed by atoms with van der Waals surface area (Å²) in [5.41, 5.74) is 2.79. The van der Waals surface area contributed by atoms with E-state index >= 15 is 0 Å². The minimum atomic E-state index is 0.440. The van der Waals surface area contributed by atoms with E-state index < -0.39 is 0 Å². The highest BCUT2D eigenvalue weighted by Crippen LogP contribution is 2.26. The van der Waals surface area contributed by atoms with Gasteiger partial charge in [0.1, 0.15) is 5.75 Å². The molecule has 0 aromatic heterocycles. The Bertz CT molecular complexity index is 671. The minimum Gasteiger partial charge on any atom is -0.490 e. The molecule has 0 unspecified atom stereocenters. The lowest BCUT2D eigenvalue weighted by molar-refractivity contribution is 0.210. The number of anilines is 1. The average molecular weight is 365 g/mol. The zero-order valence-corrected chi connectivity index (χ0v) is 16.4. The molecule has 3 nitrogen and oxygen atoms in total. The van der Waals surface area contributed by atoms with Crippen molar-refractivity contribution < 1.29 is 4.74 Å². The summed E-state index contributed by atoms with van der Waals surface area (Å²) >= 11 is 0. The molecule has 0 atom stereocenters. The molecule has 2 aliphatic rings. The number of hydrogen-bond acceptors (Lipinski definition) is 3. The van der Waals surface area contributed by atoms with Crippen LogP contribution in [0.5, 0.6) is 5.75 Å². The molecule has 0 spiro atoms. The fraction of sp³-hybridized carbons (Fsp3) is 0.500. The molecule has 1 aliphatic heterocycles. The topological polar surface area (TPSA) is 15.7 Å². The van der Waals surface area contributed by atoms with Crippen molar-refractivity contribution in [2.24, 2.45) is 0 Å². The zero-order chi connectivity index (χ0) is 18.3. The molecular weight excluding hydrogens is 332 g/mol. The Morgan fingerprint density at radius 3 is 2.22 bits per heavy atom. The van der Waals surface area contributed by atoms with Gasteiger partial charge in [-0.25, -0.2) is 0 Å². The van der Waals surface area contributed by atoms with E-state index in [1.54, 1.807) is 0 Å². The molecule has 0 radical (unpaired) electrons. The Morgan fingerprint density at radius 2 is 1.52 bits per heavy atom. The van der Waals surface area contributed by atoms with Crippen molar-refractivity contribution in [3.63, 3.8) is 0 Å². The fourth-order valence-corrected chi connectivity index (χ4v) is 4.32. The van der Waals surface area contributed by atoms with Gasteiger partial charge >= 0.3 is 0 Å². The van der Waals surface area contributed by atoms with E-state index in [1.807, 2.05) is 0 Å². The summed E-state index contributed by atoms with van der Waals surface area (Å²) in [4.78, 5) is 5.12. The van der Waals surface area contributed by atoms with Crippen LogP contribution < -0.4 is 9.64 Å². The summed E-state index contributed by atoms with van der Waals surface area (Å²) in [6.45, 7) is 5.77. The summed E-state index contributed by atoms with van der Waals surface area (Å²) in [6.07, 6.45) is 7.94. The highest BCUT2D eigenvalue weighted by Gasteiger charge is 2.18. The standard InChI is InChI=1S/C24H32N2O/c1-2-7-21(8-3-1)9-6-16-25-17-19-26(20-18-25)22-12-14-24(15-13-22)27-23-10-4-5-11-23/h1-3,7-8,12-15,23H,4-6,9-11,16-20H2. The summed E-state index contributed by atoms with van der Waals surface area (Å²) in [7, 11) is 0. The van der Waals surface area contributed by atoms with E-state index in [1.165, 1.54) is 56.3 Å². The van der Waals surface area contributed by atoms with Gasteiger partial charge in [0.15, 0.2) is 0 Å². The van der Waals surface area contributed by atoms with E-state index in [9.17, 15) is 0 Å². The number of benzene rings is 2. The maximum absolute atomic E-state index is 6.09. The maximum atomic E-state index is 6.09.